The van der Waals surface area contributed by atoms with Crippen LogP contribution in [0.4, 0.5) is 10.5 Å². The Kier molecular flexibility index (Phi) is 6.84. The predicted molar refractivity (Wildman–Crippen MR) is 122 cm³/mol. The molecular weight excluding hydrogens is 390 g/mol. The smallest absolute Gasteiger partial charge is 0.319 e. The van der Waals surface area contributed by atoms with E-state index in [0.29, 0.717) is 11.3 Å². The highest BCUT2D eigenvalue weighted by Gasteiger charge is 2.24. The molecular formula is C24H31N5O2. The summed E-state index contributed by atoms with van der Waals surface area (Å²) in [4.78, 5) is 29.8. The number of carbonyl (C=O) groups is 2. The van der Waals surface area contributed by atoms with Crippen LogP contribution in [0.15, 0.2) is 54.6 Å². The predicted octanol–water partition coefficient (Wildman–Crippen LogP) is 2.69. The Morgan fingerprint density at radius 3 is 2.45 bits per heavy atom. The first-order valence-corrected chi connectivity index (χ1v) is 11.0. The molecule has 2 aliphatic rings. The highest BCUT2D eigenvalue weighted by atomic mass is 16.2. The molecule has 2 fully saturated rings. The topological polar surface area (TPSA) is 76.7 Å². The van der Waals surface area contributed by atoms with Crippen molar-refractivity contribution < 1.29 is 9.59 Å². The second kappa shape index (κ2) is 9.94. The van der Waals surface area contributed by atoms with Gasteiger partial charge in [-0.3, -0.25) is 9.69 Å². The standard InChI is InChI=1S/C24H31N5O2/c1-28-12-14-29(15-13-28)17-22(18-6-3-2-4-7-18)27-23(30)19-8-5-9-21(16-19)26-24(31)25-20-10-11-20/h2-9,16,20,22H,10-15,17H2,1H3,(H,27,30)(H2,25,26,31). The second-order valence-corrected chi connectivity index (χ2v) is 8.49. The third-order valence-electron chi connectivity index (χ3n) is 5.84. The van der Waals surface area contributed by atoms with Gasteiger partial charge in [-0.1, -0.05) is 36.4 Å². The molecule has 1 saturated heterocycles. The lowest BCUT2D eigenvalue weighted by Crippen LogP contribution is -2.47. The van der Waals surface area contributed by atoms with Crippen LogP contribution in [-0.4, -0.2) is 67.6 Å². The van der Waals surface area contributed by atoms with Crippen molar-refractivity contribution in [1.29, 1.82) is 0 Å². The summed E-state index contributed by atoms with van der Waals surface area (Å²) in [7, 11) is 2.14. The molecule has 1 aliphatic heterocycles. The Balaban J connectivity index is 1.42. The first-order valence-electron chi connectivity index (χ1n) is 11.0. The highest BCUT2D eigenvalue weighted by molar-refractivity contribution is 5.97. The molecule has 1 saturated carbocycles. The summed E-state index contributed by atoms with van der Waals surface area (Å²) in [5.74, 6) is -0.144. The van der Waals surface area contributed by atoms with Crippen molar-refractivity contribution >= 4 is 17.6 Å². The average Bonchev–Trinajstić information content (AvgIpc) is 3.59. The normalized spacial score (nSPS) is 18.2. The van der Waals surface area contributed by atoms with Crippen molar-refractivity contribution in [3.05, 3.63) is 65.7 Å². The minimum atomic E-state index is -0.225. The number of benzene rings is 2. The summed E-state index contributed by atoms with van der Waals surface area (Å²) in [6, 6.07) is 17.1. The first-order chi connectivity index (χ1) is 15.1. The van der Waals surface area contributed by atoms with Gasteiger partial charge in [-0.25, -0.2) is 4.79 Å². The fraction of sp³-hybridized carbons (Fsp3) is 0.417. The minimum absolute atomic E-state index is 0.105. The van der Waals surface area contributed by atoms with Crippen LogP contribution in [0, 0.1) is 0 Å². The number of likely N-dealkylation sites (N-methyl/N-ethyl adjacent to an activating group) is 1. The van der Waals surface area contributed by atoms with Crippen molar-refractivity contribution in [1.82, 2.24) is 20.4 Å². The van der Waals surface area contributed by atoms with Crippen molar-refractivity contribution in [3.63, 3.8) is 0 Å². The summed E-state index contributed by atoms with van der Waals surface area (Å²) >= 11 is 0. The Labute approximate surface area is 183 Å². The molecule has 1 heterocycles. The van der Waals surface area contributed by atoms with E-state index in [0.717, 1.165) is 51.1 Å². The lowest BCUT2D eigenvalue weighted by molar-refractivity contribution is 0.0907. The fourth-order valence-electron chi connectivity index (χ4n) is 3.77. The molecule has 31 heavy (non-hydrogen) atoms. The first kappa shape index (κ1) is 21.3. The number of amides is 3. The van der Waals surface area contributed by atoms with E-state index >= 15 is 0 Å². The van der Waals surface area contributed by atoms with Crippen molar-refractivity contribution in [2.45, 2.75) is 24.9 Å². The van der Waals surface area contributed by atoms with Crippen LogP contribution in [0.2, 0.25) is 0 Å². The van der Waals surface area contributed by atoms with Gasteiger partial charge >= 0.3 is 6.03 Å². The summed E-state index contributed by atoms with van der Waals surface area (Å²) in [5, 5.41) is 8.92. The summed E-state index contributed by atoms with van der Waals surface area (Å²) in [6.07, 6.45) is 2.06. The molecule has 164 valence electrons. The van der Waals surface area contributed by atoms with Gasteiger partial charge in [0.2, 0.25) is 0 Å². The third kappa shape index (κ3) is 6.29. The van der Waals surface area contributed by atoms with Crippen LogP contribution in [0.25, 0.3) is 0 Å². The molecule has 0 aromatic heterocycles. The SMILES string of the molecule is CN1CCN(CC(NC(=O)c2cccc(NC(=O)NC3CC3)c2)c2ccccc2)CC1. The Morgan fingerprint density at radius 1 is 1.00 bits per heavy atom. The number of carbonyl (C=O) groups excluding carboxylic acids is 2. The zero-order valence-corrected chi connectivity index (χ0v) is 18.0. The van der Waals surface area contributed by atoms with E-state index in [9.17, 15) is 9.59 Å². The largest absolute Gasteiger partial charge is 0.344 e. The number of hydrogen-bond donors (Lipinski definition) is 3. The fourth-order valence-corrected chi connectivity index (χ4v) is 3.77. The molecule has 1 atom stereocenters. The van der Waals surface area contributed by atoms with Crippen molar-refractivity contribution in [3.8, 4) is 0 Å². The summed E-state index contributed by atoms with van der Waals surface area (Å²) in [6.45, 7) is 4.82. The monoisotopic (exact) mass is 421 g/mol. The van der Waals surface area contributed by atoms with E-state index in [1.165, 1.54) is 0 Å². The number of anilines is 1. The molecule has 3 amide bonds. The molecule has 7 nitrogen and oxygen atoms in total. The van der Waals surface area contributed by atoms with E-state index < -0.39 is 0 Å². The third-order valence-corrected chi connectivity index (χ3v) is 5.84. The zero-order valence-electron chi connectivity index (χ0n) is 18.0. The summed E-state index contributed by atoms with van der Waals surface area (Å²) < 4.78 is 0. The molecule has 0 bridgehead atoms. The maximum Gasteiger partial charge on any atom is 0.319 e. The average molecular weight is 422 g/mol. The van der Waals surface area contributed by atoms with Crippen LogP contribution in [0.3, 0.4) is 0 Å². The van der Waals surface area contributed by atoms with Crippen molar-refractivity contribution in [2.75, 3.05) is 45.1 Å². The number of nitrogens with one attached hydrogen (secondary N) is 3. The van der Waals surface area contributed by atoms with Gasteiger partial charge in [-0.15, -0.1) is 0 Å². The van der Waals surface area contributed by atoms with Gasteiger partial charge in [0, 0.05) is 50.0 Å². The van der Waals surface area contributed by atoms with Crippen LogP contribution < -0.4 is 16.0 Å². The summed E-state index contributed by atoms with van der Waals surface area (Å²) in [5.41, 5.74) is 2.23. The Hall–Kier alpha value is -2.90. The van der Waals surface area contributed by atoms with Crippen LogP contribution in [-0.2, 0) is 0 Å². The minimum Gasteiger partial charge on any atom is -0.344 e. The maximum absolute atomic E-state index is 13.1. The van der Waals surface area contributed by atoms with Gasteiger partial charge in [-0.2, -0.15) is 0 Å². The molecule has 0 radical (unpaired) electrons. The number of rotatable bonds is 7. The van der Waals surface area contributed by atoms with Crippen LogP contribution in [0.1, 0.15) is 34.8 Å². The van der Waals surface area contributed by atoms with Gasteiger partial charge in [0.05, 0.1) is 6.04 Å². The van der Waals surface area contributed by atoms with E-state index in [1.807, 2.05) is 18.2 Å². The molecule has 3 N–H and O–H groups in total. The van der Waals surface area contributed by atoms with E-state index in [4.69, 9.17) is 0 Å². The molecule has 0 spiro atoms. The molecule has 1 unspecified atom stereocenters. The van der Waals surface area contributed by atoms with Crippen LogP contribution in [0.5, 0.6) is 0 Å². The van der Waals surface area contributed by atoms with Gasteiger partial charge in [0.25, 0.3) is 5.91 Å². The van der Waals surface area contributed by atoms with E-state index in [-0.39, 0.29) is 24.0 Å². The van der Waals surface area contributed by atoms with Gasteiger partial charge in [0.15, 0.2) is 0 Å². The zero-order chi connectivity index (χ0) is 21.6. The number of nitrogens with zero attached hydrogens (tertiary/aromatic N) is 2. The van der Waals surface area contributed by atoms with E-state index in [1.54, 1.807) is 24.3 Å². The molecule has 2 aromatic carbocycles. The van der Waals surface area contributed by atoms with Crippen LogP contribution >= 0.6 is 0 Å². The lowest BCUT2D eigenvalue weighted by Gasteiger charge is -2.35. The number of urea groups is 1. The second-order valence-electron chi connectivity index (χ2n) is 8.49. The Morgan fingerprint density at radius 2 is 1.74 bits per heavy atom. The quantitative estimate of drug-likeness (QED) is 0.643. The highest BCUT2D eigenvalue weighted by Crippen LogP contribution is 2.20. The molecule has 4 rings (SSSR count). The van der Waals surface area contributed by atoms with Gasteiger partial charge in [0.1, 0.15) is 0 Å². The van der Waals surface area contributed by atoms with Gasteiger partial charge in [-0.05, 0) is 43.7 Å². The van der Waals surface area contributed by atoms with E-state index in [2.05, 4.69) is 44.9 Å². The number of hydrogen-bond acceptors (Lipinski definition) is 4. The number of piperazine rings is 1. The Bertz CT molecular complexity index is 892. The van der Waals surface area contributed by atoms with Gasteiger partial charge < -0.3 is 20.9 Å². The van der Waals surface area contributed by atoms with Crippen molar-refractivity contribution in [2.24, 2.45) is 0 Å². The molecule has 1 aliphatic carbocycles. The lowest BCUT2D eigenvalue weighted by atomic mass is 10.0. The maximum atomic E-state index is 13.1. The molecule has 2 aromatic rings. The molecule has 7 heteroatoms.